The third-order valence-corrected chi connectivity index (χ3v) is 9.01. The predicted molar refractivity (Wildman–Crippen MR) is 133 cm³/mol. The van der Waals surface area contributed by atoms with Gasteiger partial charge in [0, 0.05) is 51.7 Å². The summed E-state index contributed by atoms with van der Waals surface area (Å²) in [5.41, 5.74) is 3.04. The fourth-order valence-corrected chi connectivity index (χ4v) is 6.72. The molecular formula is C26H33N3O5S. The first-order valence-electron chi connectivity index (χ1n) is 12.3. The molecule has 0 bridgehead atoms. The third-order valence-electron chi connectivity index (χ3n) is 7.16. The molecule has 188 valence electrons. The van der Waals surface area contributed by atoms with E-state index in [1.54, 1.807) is 4.31 Å². The summed E-state index contributed by atoms with van der Waals surface area (Å²) in [5, 5.41) is 0. The van der Waals surface area contributed by atoms with Gasteiger partial charge in [-0.15, -0.1) is 0 Å². The molecular weight excluding hydrogens is 466 g/mol. The number of ether oxygens (including phenoxy) is 2. The number of nitrogens with zero attached hydrogens (tertiary/aromatic N) is 3. The number of hydrogen-bond acceptors (Lipinski definition) is 6. The number of fused-ring (bicyclic) bond motifs is 1. The van der Waals surface area contributed by atoms with E-state index < -0.39 is 10.0 Å². The van der Waals surface area contributed by atoms with Gasteiger partial charge in [-0.05, 0) is 43.0 Å². The van der Waals surface area contributed by atoms with Crippen LogP contribution in [0.25, 0.3) is 0 Å². The van der Waals surface area contributed by atoms with Gasteiger partial charge in [-0.1, -0.05) is 35.9 Å². The van der Waals surface area contributed by atoms with Gasteiger partial charge in [0.1, 0.15) is 0 Å². The number of rotatable bonds is 6. The van der Waals surface area contributed by atoms with E-state index in [1.165, 1.54) is 5.56 Å². The van der Waals surface area contributed by atoms with E-state index in [1.807, 2.05) is 48.2 Å². The van der Waals surface area contributed by atoms with Crippen molar-refractivity contribution in [1.29, 1.82) is 0 Å². The van der Waals surface area contributed by atoms with E-state index >= 15 is 0 Å². The number of aryl methyl sites for hydroxylation is 1. The van der Waals surface area contributed by atoms with Crippen LogP contribution in [0.15, 0.2) is 42.5 Å². The van der Waals surface area contributed by atoms with Crippen molar-refractivity contribution in [2.45, 2.75) is 32.1 Å². The maximum atomic E-state index is 13.1. The first kappa shape index (κ1) is 24.1. The van der Waals surface area contributed by atoms with Crippen LogP contribution in [0.4, 0.5) is 0 Å². The van der Waals surface area contributed by atoms with Crippen molar-refractivity contribution in [3.8, 4) is 11.5 Å². The van der Waals surface area contributed by atoms with E-state index in [4.69, 9.17) is 9.47 Å². The molecule has 0 saturated carbocycles. The van der Waals surface area contributed by atoms with Gasteiger partial charge in [0.05, 0.1) is 5.75 Å². The Morgan fingerprint density at radius 1 is 0.914 bits per heavy atom. The SMILES string of the molecule is Cc1cccc(CS(=O)(=O)N2CCC(C(=O)N3CCN(Cc4ccc5c(c4)OCO5)CC3)CC2)c1. The van der Waals surface area contributed by atoms with Crippen LogP contribution in [-0.4, -0.2) is 74.5 Å². The molecule has 9 heteroatoms. The Kier molecular flexibility index (Phi) is 7.00. The van der Waals surface area contributed by atoms with Crippen LogP contribution >= 0.6 is 0 Å². The minimum atomic E-state index is -3.38. The molecule has 3 aliphatic rings. The van der Waals surface area contributed by atoms with E-state index in [0.29, 0.717) is 39.0 Å². The standard InChI is InChI=1S/C26H33N3O5S/c1-20-3-2-4-22(15-20)18-35(31,32)29-9-7-23(8-10-29)26(30)28-13-11-27(12-14-28)17-21-5-6-24-25(16-21)34-19-33-24/h2-6,15-16,23H,7-14,17-19H2,1H3. The summed E-state index contributed by atoms with van der Waals surface area (Å²) in [4.78, 5) is 17.4. The van der Waals surface area contributed by atoms with Gasteiger partial charge in [-0.25, -0.2) is 12.7 Å². The number of benzene rings is 2. The number of sulfonamides is 1. The summed E-state index contributed by atoms with van der Waals surface area (Å²) in [6.45, 7) is 6.93. The average molecular weight is 500 g/mol. The first-order chi connectivity index (χ1) is 16.9. The van der Waals surface area contributed by atoms with Crippen LogP contribution in [0.2, 0.25) is 0 Å². The van der Waals surface area contributed by atoms with Crippen molar-refractivity contribution in [3.63, 3.8) is 0 Å². The molecule has 0 atom stereocenters. The van der Waals surface area contributed by atoms with Gasteiger partial charge in [0.25, 0.3) is 0 Å². The molecule has 0 aliphatic carbocycles. The Bertz CT molecular complexity index is 1170. The smallest absolute Gasteiger partial charge is 0.231 e. The summed E-state index contributed by atoms with van der Waals surface area (Å²) in [7, 11) is -3.38. The molecule has 3 heterocycles. The van der Waals surface area contributed by atoms with Crippen molar-refractivity contribution >= 4 is 15.9 Å². The summed E-state index contributed by atoms with van der Waals surface area (Å²) < 4.78 is 38.2. The molecule has 3 aliphatic heterocycles. The lowest BCUT2D eigenvalue weighted by molar-refractivity contribution is -0.138. The predicted octanol–water partition coefficient (Wildman–Crippen LogP) is 2.61. The van der Waals surface area contributed by atoms with Crippen LogP contribution in [0, 0.1) is 12.8 Å². The lowest BCUT2D eigenvalue weighted by atomic mass is 9.96. The number of carbonyl (C=O) groups is 1. The molecule has 2 aromatic rings. The topological polar surface area (TPSA) is 79.4 Å². The third kappa shape index (κ3) is 5.63. The number of hydrogen-bond donors (Lipinski definition) is 0. The van der Waals surface area contributed by atoms with Crippen LogP contribution < -0.4 is 9.47 Å². The lowest BCUT2D eigenvalue weighted by Crippen LogP contribution is -2.51. The Hall–Kier alpha value is -2.62. The summed E-state index contributed by atoms with van der Waals surface area (Å²) in [6, 6.07) is 13.7. The first-order valence-corrected chi connectivity index (χ1v) is 13.9. The highest BCUT2D eigenvalue weighted by molar-refractivity contribution is 7.88. The van der Waals surface area contributed by atoms with Gasteiger partial charge >= 0.3 is 0 Å². The van der Waals surface area contributed by atoms with Crippen LogP contribution in [0.3, 0.4) is 0 Å². The quantitative estimate of drug-likeness (QED) is 0.608. The Balaban J connectivity index is 1.09. The normalized spacial score (nSPS) is 19.7. The van der Waals surface area contributed by atoms with Crippen molar-refractivity contribution < 1.29 is 22.7 Å². The highest BCUT2D eigenvalue weighted by Gasteiger charge is 2.34. The van der Waals surface area contributed by atoms with Crippen molar-refractivity contribution in [2.75, 3.05) is 46.1 Å². The summed E-state index contributed by atoms with van der Waals surface area (Å²) in [6.07, 6.45) is 1.17. The van der Waals surface area contributed by atoms with Crippen LogP contribution in [0.1, 0.15) is 29.5 Å². The van der Waals surface area contributed by atoms with Crippen molar-refractivity contribution in [3.05, 3.63) is 59.2 Å². The fourth-order valence-electron chi connectivity index (χ4n) is 5.17. The second-order valence-electron chi connectivity index (χ2n) is 9.71. The van der Waals surface area contributed by atoms with Gasteiger partial charge in [0.2, 0.25) is 22.7 Å². The highest BCUT2D eigenvalue weighted by Crippen LogP contribution is 2.33. The number of amides is 1. The Labute approximate surface area is 207 Å². The molecule has 0 N–H and O–H groups in total. The average Bonchev–Trinajstić information content (AvgIpc) is 3.32. The number of piperazine rings is 1. The maximum absolute atomic E-state index is 13.1. The van der Waals surface area contributed by atoms with Crippen molar-refractivity contribution in [1.82, 2.24) is 14.1 Å². The van der Waals surface area contributed by atoms with Gasteiger partial charge < -0.3 is 14.4 Å². The number of carbonyl (C=O) groups excluding carboxylic acids is 1. The molecule has 2 saturated heterocycles. The molecule has 1 amide bonds. The zero-order chi connectivity index (χ0) is 24.4. The summed E-state index contributed by atoms with van der Waals surface area (Å²) >= 11 is 0. The van der Waals surface area contributed by atoms with Crippen LogP contribution in [-0.2, 0) is 27.1 Å². The van der Waals surface area contributed by atoms with Crippen molar-refractivity contribution in [2.24, 2.45) is 5.92 Å². The van der Waals surface area contributed by atoms with Gasteiger partial charge in [0.15, 0.2) is 11.5 Å². The second kappa shape index (κ2) is 10.2. The Morgan fingerprint density at radius 3 is 2.40 bits per heavy atom. The molecule has 2 aromatic carbocycles. The largest absolute Gasteiger partial charge is 0.454 e. The van der Waals surface area contributed by atoms with E-state index in [2.05, 4.69) is 11.0 Å². The molecule has 0 aromatic heterocycles. The minimum absolute atomic E-state index is 0.0125. The Morgan fingerprint density at radius 2 is 1.66 bits per heavy atom. The summed E-state index contributed by atoms with van der Waals surface area (Å²) in [5.74, 6) is 1.67. The minimum Gasteiger partial charge on any atom is -0.454 e. The lowest BCUT2D eigenvalue weighted by Gasteiger charge is -2.38. The van der Waals surface area contributed by atoms with E-state index in [-0.39, 0.29) is 24.4 Å². The zero-order valence-corrected chi connectivity index (χ0v) is 21.0. The van der Waals surface area contributed by atoms with Gasteiger partial charge in [-0.3, -0.25) is 9.69 Å². The molecule has 0 spiro atoms. The number of piperidine rings is 1. The van der Waals surface area contributed by atoms with E-state index in [0.717, 1.165) is 42.3 Å². The maximum Gasteiger partial charge on any atom is 0.231 e. The zero-order valence-electron chi connectivity index (χ0n) is 20.2. The molecule has 8 nitrogen and oxygen atoms in total. The monoisotopic (exact) mass is 499 g/mol. The molecule has 2 fully saturated rings. The molecule has 0 radical (unpaired) electrons. The fraction of sp³-hybridized carbons (Fsp3) is 0.500. The van der Waals surface area contributed by atoms with E-state index in [9.17, 15) is 13.2 Å². The molecule has 0 unspecified atom stereocenters. The second-order valence-corrected chi connectivity index (χ2v) is 11.7. The van der Waals surface area contributed by atoms with Crippen LogP contribution in [0.5, 0.6) is 11.5 Å². The molecule has 35 heavy (non-hydrogen) atoms. The molecule has 5 rings (SSSR count). The highest BCUT2D eigenvalue weighted by atomic mass is 32.2. The van der Waals surface area contributed by atoms with Gasteiger partial charge in [-0.2, -0.15) is 0 Å².